The maximum absolute atomic E-state index is 13.9. The van der Waals surface area contributed by atoms with Gasteiger partial charge in [-0.3, -0.25) is 14.2 Å². The van der Waals surface area contributed by atoms with E-state index < -0.39 is 29.0 Å². The van der Waals surface area contributed by atoms with Crippen molar-refractivity contribution in [3.05, 3.63) is 66.0 Å². The Morgan fingerprint density at radius 2 is 1.89 bits per heavy atom. The van der Waals surface area contributed by atoms with Gasteiger partial charge in [0.2, 0.25) is 0 Å². The highest BCUT2D eigenvalue weighted by Crippen LogP contribution is 2.38. The minimum atomic E-state index is -0.799. The number of fused-ring (bicyclic) bond motifs is 2. The van der Waals surface area contributed by atoms with Crippen molar-refractivity contribution in [2.45, 2.75) is 65.2 Å². The van der Waals surface area contributed by atoms with E-state index in [2.05, 4.69) is 25.2 Å². The van der Waals surface area contributed by atoms with Crippen molar-refractivity contribution < 1.29 is 23.8 Å². The van der Waals surface area contributed by atoms with E-state index >= 15 is 0 Å². The second-order valence-electron chi connectivity index (χ2n) is 12.9. The number of pyridine rings is 3. The van der Waals surface area contributed by atoms with Crippen molar-refractivity contribution in [3.63, 3.8) is 0 Å². The number of carbonyl (C=O) groups excluding carboxylic acids is 2. The number of rotatable bonds is 5. The van der Waals surface area contributed by atoms with Crippen molar-refractivity contribution in [1.82, 2.24) is 24.3 Å². The molecular formula is C32H36FN7O4. The maximum Gasteiger partial charge on any atom is 0.417 e. The molecule has 1 atom stereocenters. The van der Waals surface area contributed by atoms with Crippen LogP contribution >= 0.6 is 0 Å². The van der Waals surface area contributed by atoms with Gasteiger partial charge < -0.3 is 20.1 Å². The number of carbonyl (C=O) groups is 2. The van der Waals surface area contributed by atoms with Crippen LogP contribution < -0.4 is 10.2 Å². The predicted octanol–water partition coefficient (Wildman–Crippen LogP) is 5.55. The largest absolute Gasteiger partial charge is 0.443 e. The first-order chi connectivity index (χ1) is 20.8. The molecule has 0 aliphatic carbocycles. The molecule has 0 aromatic carbocycles. The first-order valence-corrected chi connectivity index (χ1v) is 14.7. The van der Waals surface area contributed by atoms with Crippen LogP contribution in [-0.2, 0) is 11.3 Å². The molecule has 0 saturated carbocycles. The average Bonchev–Trinajstić information content (AvgIpc) is 3.53. The molecule has 2 N–H and O–H groups in total. The maximum atomic E-state index is 13.9. The Morgan fingerprint density at radius 3 is 2.59 bits per heavy atom. The number of imidazole rings is 1. The summed E-state index contributed by atoms with van der Waals surface area (Å²) in [5.41, 5.74) is 1.94. The molecule has 11 nitrogen and oxygen atoms in total. The summed E-state index contributed by atoms with van der Waals surface area (Å²) < 4.78 is 21.1. The third-order valence-corrected chi connectivity index (χ3v) is 8.08. The van der Waals surface area contributed by atoms with Gasteiger partial charge in [0, 0.05) is 36.8 Å². The van der Waals surface area contributed by atoms with Gasteiger partial charge in [0.15, 0.2) is 0 Å². The third kappa shape index (κ3) is 5.69. The number of hydrogen-bond acceptors (Lipinski definition) is 9. The van der Waals surface area contributed by atoms with Gasteiger partial charge in [-0.05, 0) is 65.7 Å². The van der Waals surface area contributed by atoms with Gasteiger partial charge in [0.25, 0.3) is 5.91 Å². The van der Waals surface area contributed by atoms with E-state index in [9.17, 15) is 19.1 Å². The number of amides is 2. The lowest BCUT2D eigenvalue weighted by Crippen LogP contribution is -2.44. The minimum absolute atomic E-state index is 0.0565. The summed E-state index contributed by atoms with van der Waals surface area (Å²) in [6.07, 6.45) is 7.61. The molecular weight excluding hydrogens is 565 g/mol. The van der Waals surface area contributed by atoms with Crippen molar-refractivity contribution in [1.29, 1.82) is 0 Å². The van der Waals surface area contributed by atoms with E-state index in [1.807, 2.05) is 26.0 Å². The average molecular weight is 602 g/mol. The van der Waals surface area contributed by atoms with Crippen LogP contribution in [0.1, 0.15) is 63.4 Å². The normalized spacial score (nSPS) is 17.2. The molecule has 4 aromatic rings. The molecule has 44 heavy (non-hydrogen) atoms. The second-order valence-corrected chi connectivity index (χ2v) is 12.9. The molecule has 2 aliphatic rings. The van der Waals surface area contributed by atoms with Crippen molar-refractivity contribution in [3.8, 4) is 11.4 Å². The van der Waals surface area contributed by atoms with Crippen LogP contribution in [0.3, 0.4) is 0 Å². The fourth-order valence-electron chi connectivity index (χ4n) is 5.80. The monoisotopic (exact) mass is 601 g/mol. The summed E-state index contributed by atoms with van der Waals surface area (Å²) in [6, 6.07) is 6.41. The Labute approximate surface area is 254 Å². The van der Waals surface area contributed by atoms with Crippen LogP contribution in [0.4, 0.5) is 26.4 Å². The number of halogens is 1. The molecule has 4 aromatic heterocycles. The zero-order chi connectivity index (χ0) is 31.4. The molecule has 2 amide bonds. The molecule has 230 valence electrons. The van der Waals surface area contributed by atoms with Crippen molar-refractivity contribution >= 4 is 34.8 Å². The smallest absolute Gasteiger partial charge is 0.417 e. The van der Waals surface area contributed by atoms with Gasteiger partial charge in [0.1, 0.15) is 22.9 Å². The summed E-state index contributed by atoms with van der Waals surface area (Å²) in [7, 11) is 0. The topological polar surface area (TPSA) is 125 Å². The zero-order valence-corrected chi connectivity index (χ0v) is 25.5. The number of anilines is 3. The number of nitrogens with zero attached hydrogens (tertiary/aromatic N) is 6. The number of piperidine rings is 1. The Morgan fingerprint density at radius 1 is 1.09 bits per heavy atom. The zero-order valence-electron chi connectivity index (χ0n) is 25.5. The summed E-state index contributed by atoms with van der Waals surface area (Å²) in [5, 5.41) is 13.7. The van der Waals surface area contributed by atoms with Gasteiger partial charge in [0.05, 0.1) is 59.1 Å². The molecule has 12 heteroatoms. The van der Waals surface area contributed by atoms with E-state index in [0.29, 0.717) is 34.1 Å². The molecule has 2 aliphatic heterocycles. The first kappa shape index (κ1) is 29.5. The van der Waals surface area contributed by atoms with Crippen molar-refractivity contribution in [2.24, 2.45) is 5.92 Å². The van der Waals surface area contributed by atoms with Crippen LogP contribution in [0.15, 0.2) is 49.1 Å². The summed E-state index contributed by atoms with van der Waals surface area (Å²) in [5.74, 6) is -0.292. The van der Waals surface area contributed by atoms with Gasteiger partial charge in [-0.1, -0.05) is 0 Å². The van der Waals surface area contributed by atoms with E-state index in [-0.39, 0.29) is 18.0 Å². The molecule has 1 fully saturated rings. The van der Waals surface area contributed by atoms with E-state index in [1.165, 1.54) is 18.3 Å². The molecule has 6 rings (SSSR count). The third-order valence-electron chi connectivity index (χ3n) is 8.08. The van der Waals surface area contributed by atoms with Gasteiger partial charge in [-0.15, -0.1) is 0 Å². The summed E-state index contributed by atoms with van der Waals surface area (Å²) >= 11 is 0. The highest BCUT2D eigenvalue weighted by atomic mass is 19.1. The van der Waals surface area contributed by atoms with Gasteiger partial charge in [-0.2, -0.15) is 0 Å². The second kappa shape index (κ2) is 10.8. The fraction of sp³-hybridized carbons (Fsp3) is 0.406. The van der Waals surface area contributed by atoms with Crippen LogP contribution in [-0.4, -0.2) is 65.7 Å². The number of hydrogen-bond donors (Lipinski definition) is 2. The molecule has 0 unspecified atom stereocenters. The standard InChI is InChI=1S/C32H36FN7O4/c1-31(2,3)44-30(42)40-18-22-27(29(40)41)23(15-36-28(22)24-16-35-26-13-20(33)10-12-39(24)26)37-25-9-8-21(14-34-25)38-11-6-7-19(17-38)32(4,5)43/h8-10,12-16,19,43H,6-7,11,17-18H2,1-5H3,(H,34,37)/t19-/m1/s1. The molecule has 0 radical (unpaired) electrons. The van der Waals surface area contributed by atoms with Gasteiger partial charge >= 0.3 is 6.09 Å². The van der Waals surface area contributed by atoms with E-state index in [4.69, 9.17) is 4.74 Å². The number of nitrogens with one attached hydrogen (secondary N) is 1. The van der Waals surface area contributed by atoms with Gasteiger partial charge in [-0.25, -0.2) is 24.1 Å². The number of aliphatic hydroxyl groups is 1. The fourth-order valence-corrected chi connectivity index (χ4v) is 5.80. The molecule has 0 bridgehead atoms. The van der Waals surface area contributed by atoms with Crippen LogP contribution in [0, 0.1) is 11.7 Å². The van der Waals surface area contributed by atoms with Crippen molar-refractivity contribution in [2.75, 3.05) is 23.3 Å². The lowest BCUT2D eigenvalue weighted by atomic mass is 9.84. The number of ether oxygens (including phenoxy) is 1. The first-order valence-electron chi connectivity index (χ1n) is 14.7. The van der Waals surface area contributed by atoms with E-state index in [1.54, 1.807) is 43.8 Å². The SMILES string of the molecule is CC(C)(C)OC(=O)N1Cc2c(-c3cnc4cc(F)ccn34)ncc(Nc3ccc(N4CCC[C@@H](C(C)(C)O)C4)cn3)c2C1=O. The number of imide groups is 1. The van der Waals surface area contributed by atoms with Crippen LogP contribution in [0.25, 0.3) is 17.0 Å². The highest BCUT2D eigenvalue weighted by molar-refractivity contribution is 6.11. The lowest BCUT2D eigenvalue weighted by Gasteiger charge is -2.39. The van der Waals surface area contributed by atoms with Crippen LogP contribution in [0.2, 0.25) is 0 Å². The predicted molar refractivity (Wildman–Crippen MR) is 163 cm³/mol. The Hall–Kier alpha value is -4.58. The Bertz CT molecular complexity index is 1740. The molecule has 6 heterocycles. The Kier molecular flexibility index (Phi) is 7.27. The summed E-state index contributed by atoms with van der Waals surface area (Å²) in [6.45, 7) is 10.5. The highest BCUT2D eigenvalue weighted by Gasteiger charge is 2.39. The summed E-state index contributed by atoms with van der Waals surface area (Å²) in [4.78, 5) is 43.7. The lowest BCUT2D eigenvalue weighted by molar-refractivity contribution is 0.0110. The number of aromatic nitrogens is 4. The molecule has 1 saturated heterocycles. The Balaban J connectivity index is 1.33. The minimum Gasteiger partial charge on any atom is -0.443 e. The molecule has 0 spiro atoms. The quantitative estimate of drug-likeness (QED) is 0.303. The van der Waals surface area contributed by atoms with E-state index in [0.717, 1.165) is 36.5 Å². The van der Waals surface area contributed by atoms with Crippen LogP contribution in [0.5, 0.6) is 0 Å².